The van der Waals surface area contributed by atoms with Crippen LogP contribution in [0.4, 0.5) is 0 Å². The van der Waals surface area contributed by atoms with Crippen LogP contribution in [0.5, 0.6) is 5.75 Å². The molecule has 0 radical (unpaired) electrons. The van der Waals surface area contributed by atoms with Crippen LogP contribution in [0.1, 0.15) is 51.3 Å². The van der Waals surface area contributed by atoms with Gasteiger partial charge in [0.2, 0.25) is 5.91 Å². The smallest absolute Gasteiger partial charge is 0.234 e. The highest BCUT2D eigenvalue weighted by Gasteiger charge is 2.28. The number of fused-ring (bicyclic) bond motifs is 5. The number of amides is 1. The third-order valence-corrected chi connectivity index (χ3v) is 6.36. The first kappa shape index (κ1) is 20.1. The van der Waals surface area contributed by atoms with Crippen molar-refractivity contribution in [1.29, 1.82) is 0 Å². The quantitative estimate of drug-likeness (QED) is 0.634. The molecular weight excluding hydrogens is 386 g/mol. The van der Waals surface area contributed by atoms with Gasteiger partial charge in [-0.2, -0.15) is 0 Å². The number of benzene rings is 2. The van der Waals surface area contributed by atoms with Gasteiger partial charge < -0.3 is 15.0 Å². The van der Waals surface area contributed by atoms with Gasteiger partial charge in [0.05, 0.1) is 12.1 Å². The summed E-state index contributed by atoms with van der Waals surface area (Å²) in [7, 11) is 0. The Bertz CT molecular complexity index is 1230. The minimum absolute atomic E-state index is 0.0863. The number of carbonyl (C=O) groups is 1. The van der Waals surface area contributed by atoms with Crippen molar-refractivity contribution in [3.05, 3.63) is 47.0 Å². The third kappa shape index (κ3) is 3.61. The van der Waals surface area contributed by atoms with Crippen molar-refractivity contribution in [2.45, 2.75) is 52.2 Å². The van der Waals surface area contributed by atoms with Gasteiger partial charge in [0.1, 0.15) is 11.4 Å². The van der Waals surface area contributed by atoms with Crippen LogP contribution in [0, 0.1) is 0 Å². The molecule has 2 N–H and O–H groups in total. The fourth-order valence-electron chi connectivity index (χ4n) is 4.61. The highest BCUT2D eigenvalue weighted by atomic mass is 16.5. The maximum atomic E-state index is 11.9. The SMILES string of the molecule is CC1(C)C=Cc2c(c(CN3CCNC(=O)C3)cc3c2[nH]c2ccc(C(C)(C)C)cc23)O1. The molecule has 1 aromatic heterocycles. The van der Waals surface area contributed by atoms with Crippen LogP contribution in [0.2, 0.25) is 0 Å². The molecule has 2 aromatic carbocycles. The van der Waals surface area contributed by atoms with Crippen LogP contribution in [0.15, 0.2) is 30.3 Å². The van der Waals surface area contributed by atoms with E-state index in [1.165, 1.54) is 16.3 Å². The number of aromatic nitrogens is 1. The second-order valence-corrected chi connectivity index (χ2v) is 10.4. The zero-order chi connectivity index (χ0) is 22.0. The predicted octanol–water partition coefficient (Wildman–Crippen LogP) is 4.73. The molecule has 0 bridgehead atoms. The van der Waals surface area contributed by atoms with Crippen molar-refractivity contribution in [3.8, 4) is 5.75 Å². The summed E-state index contributed by atoms with van der Waals surface area (Å²) in [5.74, 6) is 1.01. The van der Waals surface area contributed by atoms with Crippen LogP contribution in [0.25, 0.3) is 27.9 Å². The number of rotatable bonds is 2. The molecule has 2 aliphatic heterocycles. The average molecular weight is 418 g/mol. The standard InChI is InChI=1S/C26H31N3O2/c1-25(2,3)17-6-7-21-19(13-17)20-12-16(14-29-11-10-27-22(30)15-29)24-18(23(20)28-21)8-9-26(4,5)31-24/h6-9,12-13,28H,10-11,14-15H2,1-5H3,(H,27,30). The summed E-state index contributed by atoms with van der Waals surface area (Å²) in [5, 5.41) is 5.36. The Morgan fingerprint density at radius 2 is 1.97 bits per heavy atom. The Kier molecular flexibility index (Phi) is 4.45. The summed E-state index contributed by atoms with van der Waals surface area (Å²) < 4.78 is 6.47. The molecule has 5 rings (SSSR count). The van der Waals surface area contributed by atoms with E-state index in [1.54, 1.807) is 0 Å². The van der Waals surface area contributed by atoms with Crippen LogP contribution in [0.3, 0.4) is 0 Å². The monoisotopic (exact) mass is 417 g/mol. The minimum atomic E-state index is -0.361. The summed E-state index contributed by atoms with van der Waals surface area (Å²) >= 11 is 0. The van der Waals surface area contributed by atoms with E-state index in [-0.39, 0.29) is 16.9 Å². The highest BCUT2D eigenvalue weighted by Crippen LogP contribution is 2.42. The second-order valence-electron chi connectivity index (χ2n) is 10.4. The van der Waals surface area contributed by atoms with Crippen molar-refractivity contribution in [2.24, 2.45) is 0 Å². The Balaban J connectivity index is 1.71. The lowest BCUT2D eigenvalue weighted by Crippen LogP contribution is -2.47. The van der Waals surface area contributed by atoms with Gasteiger partial charge in [-0.05, 0) is 55.2 Å². The molecule has 1 fully saturated rings. The fourth-order valence-corrected chi connectivity index (χ4v) is 4.61. The molecule has 0 saturated carbocycles. The molecule has 1 amide bonds. The molecule has 5 heteroatoms. The Hall–Kier alpha value is -2.79. The van der Waals surface area contributed by atoms with Gasteiger partial charge in [0.25, 0.3) is 0 Å². The molecule has 2 aliphatic rings. The van der Waals surface area contributed by atoms with Crippen molar-refractivity contribution in [1.82, 2.24) is 15.2 Å². The molecule has 31 heavy (non-hydrogen) atoms. The molecule has 162 valence electrons. The van der Waals surface area contributed by atoms with Gasteiger partial charge in [-0.1, -0.05) is 26.8 Å². The van der Waals surface area contributed by atoms with Crippen LogP contribution in [-0.4, -0.2) is 41.0 Å². The summed E-state index contributed by atoms with van der Waals surface area (Å²) in [6.45, 7) is 13.6. The Labute approximate surface area is 183 Å². The number of aromatic amines is 1. The van der Waals surface area contributed by atoms with Gasteiger partial charge in [-0.3, -0.25) is 9.69 Å². The number of nitrogens with zero attached hydrogens (tertiary/aromatic N) is 1. The number of ether oxygens (including phenoxy) is 1. The summed E-state index contributed by atoms with van der Waals surface area (Å²) in [6, 6.07) is 8.98. The lowest BCUT2D eigenvalue weighted by Gasteiger charge is -2.32. The normalized spacial score (nSPS) is 18.8. The maximum absolute atomic E-state index is 11.9. The van der Waals surface area contributed by atoms with Crippen molar-refractivity contribution in [2.75, 3.05) is 19.6 Å². The average Bonchev–Trinajstić information content (AvgIpc) is 3.04. The molecule has 0 atom stereocenters. The van der Waals surface area contributed by atoms with Crippen molar-refractivity contribution in [3.63, 3.8) is 0 Å². The van der Waals surface area contributed by atoms with Gasteiger partial charge >= 0.3 is 0 Å². The minimum Gasteiger partial charge on any atom is -0.483 e. The molecule has 5 nitrogen and oxygen atoms in total. The molecule has 3 aromatic rings. The number of nitrogens with one attached hydrogen (secondary N) is 2. The Morgan fingerprint density at radius 1 is 1.16 bits per heavy atom. The zero-order valence-electron chi connectivity index (χ0n) is 19.1. The number of carbonyl (C=O) groups excluding carboxylic acids is 1. The molecular formula is C26H31N3O2. The topological polar surface area (TPSA) is 57.4 Å². The first-order valence-electron chi connectivity index (χ1n) is 11.1. The lowest BCUT2D eigenvalue weighted by molar-refractivity contribution is -0.124. The summed E-state index contributed by atoms with van der Waals surface area (Å²) in [6.07, 6.45) is 4.31. The van der Waals surface area contributed by atoms with E-state index in [2.05, 4.69) is 86.2 Å². The van der Waals surface area contributed by atoms with E-state index in [1.807, 2.05) is 0 Å². The second kappa shape index (κ2) is 6.86. The number of piperazine rings is 1. The third-order valence-electron chi connectivity index (χ3n) is 6.36. The van der Waals surface area contributed by atoms with E-state index in [0.29, 0.717) is 19.6 Å². The predicted molar refractivity (Wildman–Crippen MR) is 127 cm³/mol. The van der Waals surface area contributed by atoms with Crippen LogP contribution in [-0.2, 0) is 16.8 Å². The number of hydrogen-bond acceptors (Lipinski definition) is 3. The lowest BCUT2D eigenvalue weighted by atomic mass is 9.86. The molecule has 3 heterocycles. The van der Waals surface area contributed by atoms with E-state index in [4.69, 9.17) is 4.74 Å². The van der Waals surface area contributed by atoms with Gasteiger partial charge in [0, 0.05) is 47.1 Å². The summed E-state index contributed by atoms with van der Waals surface area (Å²) in [4.78, 5) is 17.8. The van der Waals surface area contributed by atoms with E-state index in [9.17, 15) is 4.79 Å². The van der Waals surface area contributed by atoms with Crippen LogP contribution >= 0.6 is 0 Å². The molecule has 1 saturated heterocycles. The Morgan fingerprint density at radius 3 is 2.71 bits per heavy atom. The van der Waals surface area contributed by atoms with Gasteiger partial charge in [-0.25, -0.2) is 0 Å². The zero-order valence-corrected chi connectivity index (χ0v) is 19.1. The number of H-pyrrole nitrogens is 1. The van der Waals surface area contributed by atoms with Crippen molar-refractivity contribution < 1.29 is 9.53 Å². The number of hydrogen-bond donors (Lipinski definition) is 2. The van der Waals surface area contributed by atoms with Crippen LogP contribution < -0.4 is 10.1 Å². The summed E-state index contributed by atoms with van der Waals surface area (Å²) in [5.41, 5.74) is 5.53. The molecule has 0 spiro atoms. The largest absolute Gasteiger partial charge is 0.483 e. The first-order chi connectivity index (χ1) is 14.6. The van der Waals surface area contributed by atoms with E-state index in [0.717, 1.165) is 34.5 Å². The molecule has 0 unspecified atom stereocenters. The fraction of sp³-hybridized carbons (Fsp3) is 0.423. The maximum Gasteiger partial charge on any atom is 0.234 e. The first-order valence-corrected chi connectivity index (χ1v) is 11.1. The van der Waals surface area contributed by atoms with Gasteiger partial charge in [0.15, 0.2) is 0 Å². The van der Waals surface area contributed by atoms with Gasteiger partial charge in [-0.15, -0.1) is 0 Å². The highest BCUT2D eigenvalue weighted by molar-refractivity contribution is 6.11. The molecule has 0 aliphatic carbocycles. The van der Waals surface area contributed by atoms with E-state index >= 15 is 0 Å². The van der Waals surface area contributed by atoms with E-state index < -0.39 is 0 Å². The van der Waals surface area contributed by atoms with Crippen molar-refractivity contribution >= 4 is 33.8 Å².